The van der Waals surface area contributed by atoms with Crippen LogP contribution in [0.4, 0.5) is 10.2 Å². The average molecular weight is 448 g/mol. The number of aromatic nitrogens is 2. The van der Waals surface area contributed by atoms with Gasteiger partial charge in [-0.05, 0) is 43.9 Å². The number of sulfonamides is 1. The number of amides is 1. The van der Waals surface area contributed by atoms with Gasteiger partial charge in [0.1, 0.15) is 17.5 Å². The first kappa shape index (κ1) is 21.6. The van der Waals surface area contributed by atoms with E-state index in [1.54, 1.807) is 18.9 Å². The molecule has 8 nitrogen and oxygen atoms in total. The second-order valence-electron chi connectivity index (χ2n) is 7.98. The smallest absolute Gasteiger partial charge is 0.243 e. The Bertz CT molecular complexity index is 1140. The number of benzene rings is 1. The van der Waals surface area contributed by atoms with Crippen LogP contribution >= 0.6 is 0 Å². The molecule has 1 amide bonds. The summed E-state index contributed by atoms with van der Waals surface area (Å²) in [6.07, 6.45) is 1.87. The highest BCUT2D eigenvalue weighted by Crippen LogP contribution is 2.37. The maximum atomic E-state index is 14.1. The van der Waals surface area contributed by atoms with Gasteiger partial charge in [-0.1, -0.05) is 6.07 Å². The second kappa shape index (κ2) is 8.16. The van der Waals surface area contributed by atoms with Crippen molar-refractivity contribution < 1.29 is 17.6 Å². The Balaban J connectivity index is 1.72. The van der Waals surface area contributed by atoms with Crippen molar-refractivity contribution in [3.05, 3.63) is 46.7 Å². The number of fused-ring (bicyclic) bond motifs is 1. The third kappa shape index (κ3) is 3.89. The quantitative estimate of drug-likeness (QED) is 0.773. The first-order valence-corrected chi connectivity index (χ1v) is 11.8. The molecule has 0 bridgehead atoms. The highest BCUT2D eigenvalue weighted by molar-refractivity contribution is 7.89. The molecule has 0 radical (unpaired) electrons. The average Bonchev–Trinajstić information content (AvgIpc) is 3.25. The number of anilines is 1. The maximum absolute atomic E-state index is 14.1. The molecule has 0 spiro atoms. The number of halogens is 1. The molecular formula is C21H26FN5O3S. The van der Waals surface area contributed by atoms with Gasteiger partial charge in [-0.2, -0.15) is 4.31 Å². The third-order valence-corrected chi connectivity index (χ3v) is 7.92. The minimum atomic E-state index is -3.91. The van der Waals surface area contributed by atoms with Crippen LogP contribution in [0.2, 0.25) is 0 Å². The summed E-state index contributed by atoms with van der Waals surface area (Å²) >= 11 is 0. The van der Waals surface area contributed by atoms with Gasteiger partial charge in [0.15, 0.2) is 0 Å². The summed E-state index contributed by atoms with van der Waals surface area (Å²) in [6, 6.07) is 3.43. The number of carbonyl (C=O) groups excluding carboxylic acids is 1. The standard InChI is InChI=1S/C21H26FN5O3S/c1-13-6-7-15(11-17(13)22)31(29,30)27-9-4-5-19(27)21-24-18-12-26(14(2)28)10-8-16(18)20(23-3)25-21/h6-7,11,19H,4-5,8-10,12H2,1-3H3,(H,23,24,25)/t19-/m0/s1. The normalized spacial score (nSPS) is 19.4. The van der Waals surface area contributed by atoms with Crippen LogP contribution in [0.5, 0.6) is 0 Å². The number of nitrogens with one attached hydrogen (secondary N) is 1. The van der Waals surface area contributed by atoms with Gasteiger partial charge < -0.3 is 10.2 Å². The Kier molecular flexibility index (Phi) is 5.69. The van der Waals surface area contributed by atoms with E-state index in [1.165, 1.54) is 23.4 Å². The molecule has 31 heavy (non-hydrogen) atoms. The lowest BCUT2D eigenvalue weighted by molar-refractivity contribution is -0.129. The minimum absolute atomic E-state index is 0.0247. The predicted molar refractivity (Wildman–Crippen MR) is 113 cm³/mol. The van der Waals surface area contributed by atoms with E-state index in [9.17, 15) is 17.6 Å². The lowest BCUT2D eigenvalue weighted by Gasteiger charge is -2.30. The topological polar surface area (TPSA) is 95.5 Å². The van der Waals surface area contributed by atoms with Crippen LogP contribution in [0, 0.1) is 12.7 Å². The van der Waals surface area contributed by atoms with E-state index >= 15 is 0 Å². The molecule has 166 valence electrons. The fourth-order valence-corrected chi connectivity index (χ4v) is 5.90. The van der Waals surface area contributed by atoms with Crippen molar-refractivity contribution in [3.8, 4) is 0 Å². The van der Waals surface area contributed by atoms with Crippen LogP contribution in [-0.2, 0) is 27.8 Å². The largest absolute Gasteiger partial charge is 0.373 e. The van der Waals surface area contributed by atoms with Gasteiger partial charge in [0.05, 0.1) is 23.2 Å². The summed E-state index contributed by atoms with van der Waals surface area (Å²) in [5.74, 6) is 0.489. The molecule has 0 saturated carbocycles. The predicted octanol–water partition coefficient (Wildman–Crippen LogP) is 2.40. The second-order valence-corrected chi connectivity index (χ2v) is 9.87. The Morgan fingerprint density at radius 1 is 1.26 bits per heavy atom. The third-order valence-electron chi connectivity index (χ3n) is 6.02. The molecule has 4 rings (SSSR count). The van der Waals surface area contributed by atoms with Crippen molar-refractivity contribution in [1.82, 2.24) is 19.2 Å². The number of rotatable bonds is 4. The van der Waals surface area contributed by atoms with Crippen molar-refractivity contribution in [2.24, 2.45) is 0 Å². The number of aryl methyl sites for hydroxylation is 1. The molecular weight excluding hydrogens is 421 g/mol. The maximum Gasteiger partial charge on any atom is 0.243 e. The van der Waals surface area contributed by atoms with Gasteiger partial charge in [-0.3, -0.25) is 4.79 Å². The van der Waals surface area contributed by atoms with E-state index in [4.69, 9.17) is 4.98 Å². The first-order chi connectivity index (χ1) is 14.7. The molecule has 10 heteroatoms. The highest BCUT2D eigenvalue weighted by atomic mass is 32.2. The Morgan fingerprint density at radius 3 is 2.71 bits per heavy atom. The lowest BCUT2D eigenvalue weighted by Crippen LogP contribution is -2.36. The zero-order valence-electron chi connectivity index (χ0n) is 17.9. The summed E-state index contributed by atoms with van der Waals surface area (Å²) in [5.41, 5.74) is 2.09. The summed E-state index contributed by atoms with van der Waals surface area (Å²) in [5, 5.41) is 3.09. The molecule has 0 aliphatic carbocycles. The monoisotopic (exact) mass is 447 g/mol. The molecule has 1 aromatic heterocycles. The first-order valence-electron chi connectivity index (χ1n) is 10.3. The van der Waals surface area contributed by atoms with E-state index in [1.807, 2.05) is 0 Å². The van der Waals surface area contributed by atoms with Crippen LogP contribution in [0.15, 0.2) is 23.1 Å². The number of carbonyl (C=O) groups is 1. The highest BCUT2D eigenvalue weighted by Gasteiger charge is 2.39. The van der Waals surface area contributed by atoms with Crippen molar-refractivity contribution in [3.63, 3.8) is 0 Å². The molecule has 3 heterocycles. The molecule has 1 atom stereocenters. The molecule has 1 fully saturated rings. The van der Waals surface area contributed by atoms with Gasteiger partial charge in [-0.25, -0.2) is 22.8 Å². The van der Waals surface area contributed by atoms with E-state index in [-0.39, 0.29) is 10.8 Å². The van der Waals surface area contributed by atoms with Gasteiger partial charge in [0, 0.05) is 32.6 Å². The van der Waals surface area contributed by atoms with Gasteiger partial charge >= 0.3 is 0 Å². The molecule has 2 aromatic rings. The van der Waals surface area contributed by atoms with Crippen LogP contribution < -0.4 is 5.32 Å². The van der Waals surface area contributed by atoms with E-state index < -0.39 is 21.9 Å². The van der Waals surface area contributed by atoms with Crippen molar-refractivity contribution in [2.45, 2.75) is 50.6 Å². The zero-order chi connectivity index (χ0) is 22.3. The van der Waals surface area contributed by atoms with Crippen LogP contribution in [-0.4, -0.2) is 53.6 Å². The summed E-state index contributed by atoms with van der Waals surface area (Å²) in [6.45, 7) is 4.41. The van der Waals surface area contributed by atoms with Crippen LogP contribution in [0.3, 0.4) is 0 Å². The molecule has 1 saturated heterocycles. The fourth-order valence-electron chi connectivity index (χ4n) is 4.23. The fraction of sp³-hybridized carbons (Fsp3) is 0.476. The summed E-state index contributed by atoms with van der Waals surface area (Å²) in [4.78, 5) is 22.8. The van der Waals surface area contributed by atoms with Crippen molar-refractivity contribution >= 4 is 21.7 Å². The van der Waals surface area contributed by atoms with E-state index in [0.717, 1.165) is 17.3 Å². The molecule has 1 N–H and O–H groups in total. The summed E-state index contributed by atoms with van der Waals surface area (Å²) < 4.78 is 42.0. The van der Waals surface area contributed by atoms with Gasteiger partial charge in [0.25, 0.3) is 0 Å². The van der Waals surface area contributed by atoms with Gasteiger partial charge in [0.2, 0.25) is 15.9 Å². The van der Waals surface area contributed by atoms with E-state index in [2.05, 4.69) is 10.3 Å². The Morgan fingerprint density at radius 2 is 2.03 bits per heavy atom. The lowest BCUT2D eigenvalue weighted by atomic mass is 10.0. The molecule has 0 unspecified atom stereocenters. The molecule has 1 aromatic carbocycles. The van der Waals surface area contributed by atoms with Crippen LogP contribution in [0.1, 0.15) is 48.5 Å². The van der Waals surface area contributed by atoms with Crippen LogP contribution in [0.25, 0.3) is 0 Å². The Hall–Kier alpha value is -2.59. The Labute approximate surface area is 181 Å². The van der Waals surface area contributed by atoms with E-state index in [0.29, 0.717) is 56.1 Å². The zero-order valence-corrected chi connectivity index (χ0v) is 18.7. The number of hydrogen-bond donors (Lipinski definition) is 1. The van der Waals surface area contributed by atoms with Gasteiger partial charge in [-0.15, -0.1) is 0 Å². The molecule has 2 aliphatic heterocycles. The summed E-state index contributed by atoms with van der Waals surface area (Å²) in [7, 11) is -2.15. The van der Waals surface area contributed by atoms with Crippen molar-refractivity contribution in [1.29, 1.82) is 0 Å². The van der Waals surface area contributed by atoms with Crippen molar-refractivity contribution in [2.75, 3.05) is 25.5 Å². The number of hydrogen-bond acceptors (Lipinski definition) is 6. The minimum Gasteiger partial charge on any atom is -0.373 e. The molecule has 2 aliphatic rings. The number of nitrogens with zero attached hydrogens (tertiary/aromatic N) is 4. The SMILES string of the molecule is CNc1nc([C@@H]2CCCN2S(=O)(=O)c2ccc(C)c(F)c2)nc2c1CCN(C(C)=O)C2.